The van der Waals surface area contributed by atoms with Gasteiger partial charge in [-0.15, -0.1) is 0 Å². The largest absolute Gasteiger partial charge is 0.393 e. The van der Waals surface area contributed by atoms with E-state index in [1.165, 1.54) is 0 Å². The van der Waals surface area contributed by atoms with Gasteiger partial charge >= 0.3 is 0 Å². The highest BCUT2D eigenvalue weighted by Gasteiger charge is 2.23. The summed E-state index contributed by atoms with van der Waals surface area (Å²) in [6.45, 7) is 4.63. The van der Waals surface area contributed by atoms with Crippen LogP contribution in [0, 0.1) is 5.92 Å². The number of hydrogen-bond donors (Lipinski definition) is 1. The Morgan fingerprint density at radius 1 is 1.50 bits per heavy atom. The maximum absolute atomic E-state index is 8.83. The van der Waals surface area contributed by atoms with E-state index in [0.717, 1.165) is 0 Å². The number of aliphatic hydroxyl groups is 1. The lowest BCUT2D eigenvalue weighted by Crippen LogP contribution is -2.34. The van der Waals surface area contributed by atoms with Crippen LogP contribution >= 0.6 is 0 Å². The van der Waals surface area contributed by atoms with Crippen molar-refractivity contribution in [3.8, 4) is 0 Å². The molecule has 12 heavy (non-hydrogen) atoms. The zero-order valence-electron chi connectivity index (χ0n) is 7.56. The summed E-state index contributed by atoms with van der Waals surface area (Å²) in [6, 6.07) is 0. The maximum Gasteiger partial charge on any atom is 0.164 e. The molecule has 1 aliphatic rings. The van der Waals surface area contributed by atoms with Gasteiger partial charge in [0.1, 0.15) is 6.10 Å². The highest BCUT2D eigenvalue weighted by Crippen LogP contribution is 2.18. The first-order valence-electron chi connectivity index (χ1n) is 4.34. The second-order valence-corrected chi connectivity index (χ2v) is 2.92. The molecule has 1 N–H and O–H groups in total. The number of aliphatic hydroxyl groups excluding tert-OH is 1. The highest BCUT2D eigenvalue weighted by atomic mass is 16.7. The summed E-state index contributed by atoms with van der Waals surface area (Å²) in [7, 11) is 0. The molecule has 3 atom stereocenters. The highest BCUT2D eigenvalue weighted by molar-refractivity contribution is 4.98. The van der Waals surface area contributed by atoms with Crippen molar-refractivity contribution >= 4 is 0 Å². The molecule has 0 bridgehead atoms. The van der Waals surface area contributed by atoms with E-state index in [4.69, 9.17) is 14.6 Å². The molecule has 0 aromatic carbocycles. The lowest BCUT2D eigenvalue weighted by atomic mass is 10.1. The normalized spacial score (nSPS) is 35.4. The molecule has 70 valence electrons. The van der Waals surface area contributed by atoms with Gasteiger partial charge in [-0.25, -0.2) is 0 Å². The van der Waals surface area contributed by atoms with Gasteiger partial charge in [-0.05, 0) is 6.92 Å². The van der Waals surface area contributed by atoms with Crippen LogP contribution in [-0.2, 0) is 9.47 Å². The first-order valence-corrected chi connectivity index (χ1v) is 4.34. The first-order chi connectivity index (χ1) is 5.77. The van der Waals surface area contributed by atoms with Gasteiger partial charge in [-0.2, -0.15) is 0 Å². The Bertz CT molecular complexity index is 156. The van der Waals surface area contributed by atoms with Gasteiger partial charge in [-0.1, -0.05) is 19.1 Å². The van der Waals surface area contributed by atoms with Gasteiger partial charge < -0.3 is 14.6 Å². The van der Waals surface area contributed by atoms with Crippen LogP contribution in [0.15, 0.2) is 12.2 Å². The zero-order chi connectivity index (χ0) is 8.97. The topological polar surface area (TPSA) is 38.7 Å². The average molecular weight is 172 g/mol. The van der Waals surface area contributed by atoms with Crippen LogP contribution in [0.3, 0.4) is 0 Å². The van der Waals surface area contributed by atoms with Crippen molar-refractivity contribution in [3.63, 3.8) is 0 Å². The lowest BCUT2D eigenvalue weighted by molar-refractivity contribution is -0.187. The molecule has 3 nitrogen and oxygen atoms in total. The average Bonchev–Trinajstić information content (AvgIpc) is 2.09. The van der Waals surface area contributed by atoms with Crippen LogP contribution in [-0.4, -0.2) is 30.7 Å². The second kappa shape index (κ2) is 4.60. The van der Waals surface area contributed by atoms with E-state index in [1.807, 2.05) is 26.0 Å². The van der Waals surface area contributed by atoms with Crippen LogP contribution in [0.25, 0.3) is 0 Å². The van der Waals surface area contributed by atoms with Gasteiger partial charge in [0.25, 0.3) is 0 Å². The van der Waals surface area contributed by atoms with Gasteiger partial charge in [0.15, 0.2) is 6.29 Å². The molecule has 0 aromatic rings. The van der Waals surface area contributed by atoms with E-state index in [1.54, 1.807) is 0 Å². The molecule has 1 heterocycles. The molecule has 0 amide bonds. The number of rotatable bonds is 3. The van der Waals surface area contributed by atoms with E-state index in [2.05, 4.69) is 0 Å². The molecule has 0 aliphatic carbocycles. The summed E-state index contributed by atoms with van der Waals surface area (Å²) in [6.07, 6.45) is 3.50. The molecule has 0 radical (unpaired) electrons. The molecule has 0 saturated heterocycles. The summed E-state index contributed by atoms with van der Waals surface area (Å²) < 4.78 is 10.8. The summed E-state index contributed by atoms with van der Waals surface area (Å²) >= 11 is 0. The van der Waals surface area contributed by atoms with Crippen LogP contribution in [0.2, 0.25) is 0 Å². The van der Waals surface area contributed by atoms with E-state index >= 15 is 0 Å². The van der Waals surface area contributed by atoms with Gasteiger partial charge in [0, 0.05) is 12.5 Å². The summed E-state index contributed by atoms with van der Waals surface area (Å²) in [5.41, 5.74) is 0. The Kier molecular flexibility index (Phi) is 3.72. The van der Waals surface area contributed by atoms with E-state index in [-0.39, 0.29) is 24.9 Å². The summed E-state index contributed by atoms with van der Waals surface area (Å²) in [5.74, 6) is 0.271. The Labute approximate surface area is 73.0 Å². The number of hydrogen-bond acceptors (Lipinski definition) is 3. The molecular formula is C9H16O3. The monoisotopic (exact) mass is 172 g/mol. The van der Waals surface area contributed by atoms with E-state index in [9.17, 15) is 0 Å². The van der Waals surface area contributed by atoms with E-state index < -0.39 is 0 Å². The quantitative estimate of drug-likeness (QED) is 0.644. The van der Waals surface area contributed by atoms with Crippen LogP contribution < -0.4 is 0 Å². The Morgan fingerprint density at radius 3 is 2.83 bits per heavy atom. The van der Waals surface area contributed by atoms with Crippen molar-refractivity contribution in [2.24, 2.45) is 5.92 Å². The van der Waals surface area contributed by atoms with Crippen molar-refractivity contribution in [1.82, 2.24) is 0 Å². The lowest BCUT2D eigenvalue weighted by Gasteiger charge is -2.29. The fourth-order valence-electron chi connectivity index (χ4n) is 1.19. The minimum atomic E-state index is -0.197. The third kappa shape index (κ3) is 2.30. The third-order valence-corrected chi connectivity index (χ3v) is 1.88. The SMILES string of the molecule is CCO[C@H]1O[C@H](CO)C=C[C@@H]1C. The smallest absolute Gasteiger partial charge is 0.164 e. The van der Waals surface area contributed by atoms with Gasteiger partial charge in [0.05, 0.1) is 6.61 Å². The standard InChI is InChI=1S/C9H16O3/c1-3-11-9-7(2)4-5-8(6-10)12-9/h4-5,7-10H,3,6H2,1-2H3/t7-,8-,9-/m0/s1. The van der Waals surface area contributed by atoms with Crippen molar-refractivity contribution in [3.05, 3.63) is 12.2 Å². The molecule has 0 spiro atoms. The molecule has 1 aliphatic heterocycles. The van der Waals surface area contributed by atoms with Crippen molar-refractivity contribution in [1.29, 1.82) is 0 Å². The second-order valence-electron chi connectivity index (χ2n) is 2.92. The minimum absolute atomic E-state index is 0.0206. The van der Waals surface area contributed by atoms with Crippen molar-refractivity contribution in [2.75, 3.05) is 13.2 Å². The van der Waals surface area contributed by atoms with Crippen molar-refractivity contribution < 1.29 is 14.6 Å². The molecule has 3 heteroatoms. The van der Waals surface area contributed by atoms with Gasteiger partial charge in [0.2, 0.25) is 0 Å². The maximum atomic E-state index is 8.83. The van der Waals surface area contributed by atoms with Crippen molar-refractivity contribution in [2.45, 2.75) is 26.2 Å². The Hall–Kier alpha value is -0.380. The molecule has 0 saturated carbocycles. The first kappa shape index (κ1) is 9.71. The summed E-state index contributed by atoms with van der Waals surface area (Å²) in [5, 5.41) is 8.83. The zero-order valence-corrected chi connectivity index (χ0v) is 7.56. The fourth-order valence-corrected chi connectivity index (χ4v) is 1.19. The van der Waals surface area contributed by atoms with E-state index in [0.29, 0.717) is 6.61 Å². The summed E-state index contributed by atoms with van der Waals surface area (Å²) in [4.78, 5) is 0. The Morgan fingerprint density at radius 2 is 2.25 bits per heavy atom. The molecule has 0 unspecified atom stereocenters. The van der Waals surface area contributed by atoms with Crippen LogP contribution in [0.1, 0.15) is 13.8 Å². The third-order valence-electron chi connectivity index (χ3n) is 1.88. The predicted octanol–water partition coefficient (Wildman–Crippen LogP) is 0.932. The predicted molar refractivity (Wildman–Crippen MR) is 45.7 cm³/mol. The molecule has 0 fully saturated rings. The van der Waals surface area contributed by atoms with Gasteiger partial charge in [-0.3, -0.25) is 0 Å². The molecular weight excluding hydrogens is 156 g/mol. The van der Waals surface area contributed by atoms with Crippen LogP contribution in [0.5, 0.6) is 0 Å². The number of ether oxygens (including phenoxy) is 2. The Balaban J connectivity index is 2.47. The molecule has 1 rings (SSSR count). The van der Waals surface area contributed by atoms with Crippen LogP contribution in [0.4, 0.5) is 0 Å². The molecule has 0 aromatic heterocycles. The minimum Gasteiger partial charge on any atom is -0.393 e. The fraction of sp³-hybridized carbons (Fsp3) is 0.778.